The summed E-state index contributed by atoms with van der Waals surface area (Å²) in [6, 6.07) is 27.3. The van der Waals surface area contributed by atoms with Crippen LogP contribution in [0.25, 0.3) is 15.7 Å². The summed E-state index contributed by atoms with van der Waals surface area (Å²) in [5.41, 5.74) is 8.86. The Bertz CT molecular complexity index is 3560. The molecule has 0 aliphatic carbocycles. The first-order valence-electron chi connectivity index (χ1n) is 37.9. The number of aromatic amines is 1. The molecule has 1 aromatic heterocycles. The van der Waals surface area contributed by atoms with Crippen molar-refractivity contribution in [1.82, 2.24) is 9.88 Å². The number of methoxy groups -OCH3 is 1. The van der Waals surface area contributed by atoms with Gasteiger partial charge in [0.15, 0.2) is 17.2 Å². The Hall–Kier alpha value is 0.205. The molecule has 1 N–H and O–H groups in total. The lowest BCUT2D eigenvalue weighted by molar-refractivity contribution is 0.127. The highest BCUT2D eigenvalue weighted by atomic mass is 19.1. The van der Waals surface area contributed by atoms with Gasteiger partial charge in [-0.1, -0.05) is 54.6 Å². The lowest BCUT2D eigenvalue weighted by Crippen LogP contribution is -2.99. The number of hydrogen-bond acceptors (Lipinski definition) is 3. The Balaban J connectivity index is 0.000000416. The van der Waals surface area contributed by atoms with Gasteiger partial charge in [-0.3, -0.25) is 4.90 Å². The van der Waals surface area contributed by atoms with Crippen LogP contribution >= 0.6 is 0 Å². The topological polar surface area (TPSA) is 41.9 Å². The van der Waals surface area contributed by atoms with Gasteiger partial charge in [0, 0.05) is 553 Å². The summed E-state index contributed by atoms with van der Waals surface area (Å²) >= 11 is 0. The summed E-state index contributed by atoms with van der Waals surface area (Å²) in [6.07, 6.45) is -56.1. The third-order valence-corrected chi connectivity index (χ3v) is 23.9. The maximum Gasteiger partial charge on any atom is 0.187 e. The molecule has 0 saturated carbocycles. The number of hydrogen-bond donors (Lipinski definition) is 1. The molecule has 2 aliphatic heterocycles. The Morgan fingerprint density at radius 3 is 1.04 bits per heavy atom. The smallest absolute Gasteiger partial charge is 0.187 e. The fourth-order valence-electron chi connectivity index (χ4n) is 19.5. The molecule has 3 heterocycles. The molecule has 0 amide bonds. The van der Waals surface area contributed by atoms with Crippen molar-refractivity contribution in [3.63, 3.8) is 0 Å². The van der Waals surface area contributed by atoms with Gasteiger partial charge in [0.25, 0.3) is 0 Å². The third kappa shape index (κ3) is 24.7. The second-order valence-electron chi connectivity index (χ2n) is 31.3. The number of benzene rings is 4. The molecule has 0 saturated heterocycles. The van der Waals surface area contributed by atoms with Crippen LogP contribution in [0.5, 0.6) is 11.5 Å². The van der Waals surface area contributed by atoms with E-state index in [9.17, 15) is 4.39 Å². The molecule has 0 bridgehead atoms. The molecule has 4 aromatic carbocycles. The number of aromatic nitrogens is 1. The number of nitrogens with one attached hydrogen (secondary N) is 1. The SMILES string of the molecule is [B]B([B])B(B([B])[B])B(B([B])[B])B(B(B(B([B])[B])B([B])[B])B(B([B])[B])B([B])[B])B(B(B(B([B])[B])B([B])[B])B(B([B])[B])B([B])[B])B(B(B(B([B])[B])B([B])[B])B(B([B])[B])B([B])[B])B(B(B([B])[B])B([B])[B])B(B([B])[B])B([B])[B].[C-]#[N+]c1ccc(COc2cc3c(cc2OC)C2Cc4c([nH]c5ccccc45)C(c4ccc(F)cc4)N2CC3)cc1. The molecule has 7 rings (SSSR count). The molecule has 0 fully saturated rings. The van der Waals surface area contributed by atoms with Crippen LogP contribution in [-0.4, -0.2) is 547 Å². The van der Waals surface area contributed by atoms with Crippen LogP contribution in [-0.2, 0) is 19.4 Å². The lowest BCUT2D eigenvalue weighted by atomic mass is 8.21. The molecule has 2 unspecified atom stereocenters. The molecule has 76 radical (unpaired) electrons. The summed E-state index contributed by atoms with van der Waals surface area (Å²) in [6.45, 7) is 8.43. The number of para-hydroxylation sites is 1. The molecule has 5 aromatic rings. The predicted octanol–water partition coefficient (Wildman–Crippen LogP) is -20.5. The van der Waals surface area contributed by atoms with Gasteiger partial charge in [-0.15, -0.1) is 0 Å². The minimum Gasteiger partial charge on any atom is -0.493 e. The third-order valence-electron chi connectivity index (χ3n) is 23.9. The van der Waals surface area contributed by atoms with Gasteiger partial charge in [0.1, 0.15) is 12.4 Å². The van der Waals surface area contributed by atoms with Crippen LogP contribution in [0.2, 0.25) is 0 Å². The van der Waals surface area contributed by atoms with Crippen molar-refractivity contribution >= 4 is 540 Å². The molecular weight excluding hydrogens is 1300 g/mol. The van der Waals surface area contributed by atoms with Crippen molar-refractivity contribution in [2.45, 2.75) is 31.5 Å². The average molecular weight is 1330 g/mol. The van der Waals surface area contributed by atoms with Crippen molar-refractivity contribution in [1.29, 1.82) is 0 Å². The van der Waals surface area contributed by atoms with E-state index in [1.807, 2.05) is 36.4 Å². The van der Waals surface area contributed by atoms with Gasteiger partial charge in [-0.25, -0.2) is 9.24 Å². The fraction of sp³-hybridized carbons (Fsp3) is 0.206. The van der Waals surface area contributed by atoms with E-state index < -0.39 is 230 Å². The zero-order valence-electron chi connectivity index (χ0n) is 64.9. The average Bonchev–Trinajstić information content (AvgIpc) is 1.28. The predicted molar refractivity (Wildman–Crippen MR) is 579 cm³/mol. The molecular formula is C34H28B74FN3O2. The van der Waals surface area contributed by atoms with Gasteiger partial charge in [0.2, 0.25) is 0 Å². The van der Waals surface area contributed by atoms with E-state index >= 15 is 0 Å². The van der Waals surface area contributed by atoms with Crippen molar-refractivity contribution in [3.05, 3.63) is 136 Å². The minimum atomic E-state index is -1.81. The Morgan fingerprint density at radius 1 is 0.395 bits per heavy atom. The first kappa shape index (κ1) is 103. The zero-order valence-corrected chi connectivity index (χ0v) is 64.9. The molecule has 80 heteroatoms. The van der Waals surface area contributed by atoms with E-state index in [0.29, 0.717) is 18.0 Å². The maximum atomic E-state index is 13.9. The van der Waals surface area contributed by atoms with Gasteiger partial charge in [0.05, 0.1) is 19.7 Å². The summed E-state index contributed by atoms with van der Waals surface area (Å²) in [4.78, 5) is 9.72. The Morgan fingerprint density at radius 2 is 0.711 bits per heavy atom. The van der Waals surface area contributed by atoms with Gasteiger partial charge in [-0.05, 0) is 71.0 Å². The Kier molecular flexibility index (Phi) is 41.9. The number of nitrogens with zero attached hydrogens (tertiary/aromatic N) is 2. The van der Waals surface area contributed by atoms with Crippen LogP contribution in [0.3, 0.4) is 0 Å². The van der Waals surface area contributed by atoms with E-state index in [0.717, 1.165) is 41.8 Å². The Labute approximate surface area is 749 Å². The number of halogens is 1. The van der Waals surface area contributed by atoms with E-state index in [1.165, 1.54) is 27.8 Å². The summed E-state index contributed by atoms with van der Waals surface area (Å²) in [5, 5.41) is 1.24. The lowest BCUT2D eigenvalue weighted by Gasteiger charge is -2.61. The number of H-pyrrole nitrogens is 1. The summed E-state index contributed by atoms with van der Waals surface area (Å²) < 4.78 is 26.0. The highest BCUT2D eigenvalue weighted by molar-refractivity contribution is 8.40. The van der Waals surface area contributed by atoms with Gasteiger partial charge < -0.3 is 14.5 Å². The maximum absolute atomic E-state index is 13.9. The zero-order chi connectivity index (χ0) is 86.0. The van der Waals surface area contributed by atoms with Crippen LogP contribution in [0.1, 0.15) is 45.6 Å². The number of fused-ring (bicyclic) bond motifs is 6. The van der Waals surface area contributed by atoms with Gasteiger partial charge >= 0.3 is 0 Å². The quantitative estimate of drug-likeness (QED) is 0.0314. The van der Waals surface area contributed by atoms with E-state index in [-0.39, 0.29) is 17.9 Å². The van der Waals surface area contributed by atoms with Gasteiger partial charge in [-0.2, -0.15) is 0 Å². The highest BCUT2D eigenvalue weighted by Gasteiger charge is 2.65. The van der Waals surface area contributed by atoms with Crippen LogP contribution < -0.4 is 9.47 Å². The first-order chi connectivity index (χ1) is 53.2. The monoisotopic (exact) mass is 1340 g/mol. The van der Waals surface area contributed by atoms with Crippen molar-refractivity contribution in [2.24, 2.45) is 0 Å². The summed E-state index contributed by atoms with van der Waals surface area (Å²) in [5.74, 6) is 1.21. The molecule has 2 atom stereocenters. The van der Waals surface area contributed by atoms with E-state index in [1.54, 1.807) is 19.2 Å². The van der Waals surface area contributed by atoms with Crippen molar-refractivity contribution < 1.29 is 13.9 Å². The normalized spacial score (nSPS) is 12.6. The van der Waals surface area contributed by atoms with Crippen LogP contribution in [0.15, 0.2) is 84.9 Å². The summed E-state index contributed by atoms with van der Waals surface area (Å²) in [7, 11) is 260. The van der Waals surface area contributed by atoms with Crippen molar-refractivity contribution in [2.75, 3.05) is 13.7 Å². The molecule has 0 spiro atoms. The number of ether oxygens (including phenoxy) is 2. The standard InChI is InChI=1S/C34H28FN3O2.B74/c1-36-25-13-7-21(8-14-25)20-40-32-17-23-15-16-38-30(27(23)19-31(32)39-2)18-28-26-5-3-4-6-29(26)37-33(28)34(38)22-9-11-24(35)12-10-22;1-39(2)58(40(3)4)67(57(37)38)72(68(59(41(5)6)42(7)8)60(43(9)10)44(11)12)74(71(65(53(29)30)54(31)32)66(55(33)34)56(35)36)73(69(61(45(13)14)46(15)16)62(47(17)18)48(19)20)70(63(49(21)22)50(23)24)64(51(25)26)52(27)28/h3-14,17,19,30,34,37H,15-16,18,20H2,2H3;. The molecule has 420 valence electrons. The number of rotatable bonds is 40. The van der Waals surface area contributed by atoms with E-state index in [2.05, 4.69) is 51.1 Å². The molecule has 5 nitrogen and oxygen atoms in total. The molecule has 2 aliphatic rings. The van der Waals surface area contributed by atoms with Crippen LogP contribution in [0, 0.1) is 12.4 Å². The molecule has 114 heavy (non-hydrogen) atoms. The second-order valence-corrected chi connectivity index (χ2v) is 31.3. The largest absolute Gasteiger partial charge is 0.493 e. The van der Waals surface area contributed by atoms with Crippen LogP contribution in [0.4, 0.5) is 10.1 Å². The second kappa shape index (κ2) is 46.4. The highest BCUT2D eigenvalue weighted by Crippen LogP contribution is 2.50. The minimum absolute atomic E-state index is 0.00440. The van der Waals surface area contributed by atoms with Crippen molar-refractivity contribution in [3.8, 4) is 11.5 Å². The first-order valence-corrected chi connectivity index (χ1v) is 37.9. The fourth-order valence-corrected chi connectivity index (χ4v) is 19.5. The van der Waals surface area contributed by atoms with E-state index in [4.69, 9.17) is 310 Å².